The molecule has 2 heterocycles. The summed E-state index contributed by atoms with van der Waals surface area (Å²) in [5, 5.41) is 0.299. The maximum absolute atomic E-state index is 12.9. The molecule has 148 valence electrons. The molecule has 2 atom stereocenters. The van der Waals surface area contributed by atoms with Crippen molar-refractivity contribution in [2.45, 2.75) is 25.1 Å². The smallest absolute Gasteiger partial charge is 0.338 e. The number of nitrogens with zero attached hydrogens (tertiary/aromatic N) is 2. The summed E-state index contributed by atoms with van der Waals surface area (Å²) < 4.78 is 16.0. The van der Waals surface area contributed by atoms with Crippen molar-refractivity contribution in [2.75, 3.05) is 20.8 Å². The Bertz CT molecular complexity index is 893. The van der Waals surface area contributed by atoms with Crippen LogP contribution in [0.5, 0.6) is 11.5 Å². The molecule has 28 heavy (non-hydrogen) atoms. The van der Waals surface area contributed by atoms with Crippen LogP contribution in [0.3, 0.4) is 0 Å². The van der Waals surface area contributed by atoms with Gasteiger partial charge in [0.2, 0.25) is 5.91 Å². The lowest BCUT2D eigenvalue weighted by atomic mass is 9.94. The van der Waals surface area contributed by atoms with E-state index in [4.69, 9.17) is 14.2 Å². The lowest BCUT2D eigenvalue weighted by Crippen LogP contribution is -2.40. The Labute approximate surface area is 168 Å². The van der Waals surface area contributed by atoms with E-state index in [-0.39, 0.29) is 17.8 Å². The SMILES string of the molecule is C=CCOC(=O)C1=C(C)N=C2S[C@H](C)C(=O)N2[C@@H]1c1ccc(OC)c(OC)c1. The molecule has 7 nitrogen and oxygen atoms in total. The molecule has 2 aliphatic heterocycles. The molecule has 3 rings (SSSR count). The molecule has 0 N–H and O–H groups in total. The Morgan fingerprint density at radius 3 is 2.68 bits per heavy atom. The number of amides is 1. The van der Waals surface area contributed by atoms with Crippen LogP contribution in [0.2, 0.25) is 0 Å². The number of hydrogen-bond acceptors (Lipinski definition) is 7. The molecule has 1 fully saturated rings. The van der Waals surface area contributed by atoms with Gasteiger partial charge in [0.25, 0.3) is 0 Å². The average molecular weight is 402 g/mol. The fourth-order valence-electron chi connectivity index (χ4n) is 3.21. The highest BCUT2D eigenvalue weighted by Crippen LogP contribution is 2.44. The van der Waals surface area contributed by atoms with Crippen LogP contribution in [0.25, 0.3) is 0 Å². The van der Waals surface area contributed by atoms with E-state index in [1.54, 1.807) is 31.1 Å². The molecular formula is C20H22N2O5S. The second kappa shape index (κ2) is 8.10. The molecular weight excluding hydrogens is 380 g/mol. The summed E-state index contributed by atoms with van der Waals surface area (Å²) in [7, 11) is 3.09. The summed E-state index contributed by atoms with van der Waals surface area (Å²) in [6.07, 6.45) is 1.50. The minimum Gasteiger partial charge on any atom is -0.493 e. The third-order valence-electron chi connectivity index (χ3n) is 4.53. The van der Waals surface area contributed by atoms with E-state index >= 15 is 0 Å². The van der Waals surface area contributed by atoms with Crippen LogP contribution in [0.15, 0.2) is 47.1 Å². The van der Waals surface area contributed by atoms with Crippen LogP contribution in [0, 0.1) is 0 Å². The first kappa shape index (κ1) is 20.0. The monoisotopic (exact) mass is 402 g/mol. The third-order valence-corrected chi connectivity index (χ3v) is 5.59. The number of esters is 1. The Morgan fingerprint density at radius 2 is 2.04 bits per heavy atom. The predicted octanol–water partition coefficient (Wildman–Crippen LogP) is 3.08. The standard InChI is InChI=1S/C20H22N2O5S/c1-6-9-27-19(24)16-11(2)21-20-22(18(23)12(3)28-20)17(16)13-7-8-14(25-4)15(10-13)26-5/h6-8,10,12,17H,1,9H2,2-5H3/t12-,17-/m1/s1. The number of thioether (sulfide) groups is 1. The Hall–Kier alpha value is -2.74. The van der Waals surface area contributed by atoms with E-state index in [2.05, 4.69) is 11.6 Å². The summed E-state index contributed by atoms with van der Waals surface area (Å²) in [4.78, 5) is 31.7. The van der Waals surface area contributed by atoms with E-state index in [0.717, 1.165) is 0 Å². The molecule has 0 spiro atoms. The zero-order valence-electron chi connectivity index (χ0n) is 16.2. The molecule has 8 heteroatoms. The fraction of sp³-hybridized carbons (Fsp3) is 0.350. The number of carbonyl (C=O) groups excluding carboxylic acids is 2. The third kappa shape index (κ3) is 3.40. The minimum absolute atomic E-state index is 0.0734. The normalized spacial score (nSPS) is 21.2. The number of fused-ring (bicyclic) bond motifs is 1. The van der Waals surface area contributed by atoms with Crippen molar-refractivity contribution in [2.24, 2.45) is 4.99 Å². The zero-order chi connectivity index (χ0) is 20.4. The summed E-state index contributed by atoms with van der Waals surface area (Å²) in [6, 6.07) is 4.67. The summed E-state index contributed by atoms with van der Waals surface area (Å²) in [6.45, 7) is 7.22. The first-order valence-electron chi connectivity index (χ1n) is 8.72. The van der Waals surface area contributed by atoms with Crippen LogP contribution in [-0.4, -0.2) is 48.0 Å². The number of methoxy groups -OCH3 is 2. The van der Waals surface area contributed by atoms with Crippen molar-refractivity contribution in [1.82, 2.24) is 4.90 Å². The lowest BCUT2D eigenvalue weighted by molar-refractivity contribution is -0.139. The van der Waals surface area contributed by atoms with Crippen molar-refractivity contribution >= 4 is 28.8 Å². The van der Waals surface area contributed by atoms with Crippen LogP contribution >= 0.6 is 11.8 Å². The highest BCUT2D eigenvalue weighted by molar-refractivity contribution is 8.15. The van der Waals surface area contributed by atoms with Gasteiger partial charge in [0.15, 0.2) is 16.7 Å². The Balaban J connectivity index is 2.14. The molecule has 0 bridgehead atoms. The molecule has 1 aromatic rings. The molecule has 1 saturated heterocycles. The largest absolute Gasteiger partial charge is 0.493 e. The summed E-state index contributed by atoms with van der Waals surface area (Å²) in [5.74, 6) is 0.429. The van der Waals surface area contributed by atoms with Crippen LogP contribution in [-0.2, 0) is 14.3 Å². The minimum atomic E-state index is -0.658. The maximum atomic E-state index is 12.9. The van der Waals surface area contributed by atoms with Gasteiger partial charge in [-0.1, -0.05) is 30.5 Å². The molecule has 2 aliphatic rings. The molecule has 0 aliphatic carbocycles. The van der Waals surface area contributed by atoms with Gasteiger partial charge in [-0.15, -0.1) is 0 Å². The first-order chi connectivity index (χ1) is 13.4. The van der Waals surface area contributed by atoms with Gasteiger partial charge in [-0.2, -0.15) is 0 Å². The molecule has 1 amide bonds. The molecule has 0 radical (unpaired) electrons. The number of aliphatic imine (C=N–C) groups is 1. The van der Waals surface area contributed by atoms with Gasteiger partial charge in [-0.3, -0.25) is 9.69 Å². The van der Waals surface area contributed by atoms with Gasteiger partial charge >= 0.3 is 5.97 Å². The molecule has 0 unspecified atom stereocenters. The second-order valence-electron chi connectivity index (χ2n) is 6.27. The van der Waals surface area contributed by atoms with Crippen molar-refractivity contribution in [3.63, 3.8) is 0 Å². The van der Waals surface area contributed by atoms with Crippen LogP contribution in [0.1, 0.15) is 25.5 Å². The highest BCUT2D eigenvalue weighted by Gasteiger charge is 2.46. The zero-order valence-corrected chi connectivity index (χ0v) is 17.0. The predicted molar refractivity (Wildman–Crippen MR) is 107 cm³/mol. The molecule has 1 aromatic carbocycles. The van der Waals surface area contributed by atoms with Gasteiger partial charge in [-0.25, -0.2) is 9.79 Å². The van der Waals surface area contributed by atoms with Crippen molar-refractivity contribution < 1.29 is 23.8 Å². The summed E-state index contributed by atoms with van der Waals surface area (Å²) >= 11 is 1.38. The number of hydrogen-bond donors (Lipinski definition) is 0. The quantitative estimate of drug-likeness (QED) is 0.538. The van der Waals surface area contributed by atoms with E-state index in [0.29, 0.717) is 33.5 Å². The van der Waals surface area contributed by atoms with Gasteiger partial charge in [0.1, 0.15) is 6.61 Å². The van der Waals surface area contributed by atoms with Gasteiger partial charge < -0.3 is 14.2 Å². The van der Waals surface area contributed by atoms with E-state index in [9.17, 15) is 9.59 Å². The number of amidine groups is 1. The Morgan fingerprint density at radius 1 is 1.32 bits per heavy atom. The number of carbonyl (C=O) groups is 2. The second-order valence-corrected chi connectivity index (χ2v) is 7.57. The maximum Gasteiger partial charge on any atom is 0.338 e. The highest BCUT2D eigenvalue weighted by atomic mass is 32.2. The van der Waals surface area contributed by atoms with Crippen LogP contribution < -0.4 is 9.47 Å². The van der Waals surface area contributed by atoms with E-state index in [1.165, 1.54) is 24.9 Å². The van der Waals surface area contributed by atoms with Crippen molar-refractivity contribution in [3.05, 3.63) is 47.7 Å². The van der Waals surface area contributed by atoms with Gasteiger partial charge in [0.05, 0.1) is 36.8 Å². The summed E-state index contributed by atoms with van der Waals surface area (Å²) in [5.41, 5.74) is 1.55. The van der Waals surface area contributed by atoms with Gasteiger partial charge in [-0.05, 0) is 31.5 Å². The van der Waals surface area contributed by atoms with Crippen molar-refractivity contribution in [1.29, 1.82) is 0 Å². The fourth-order valence-corrected chi connectivity index (χ4v) is 4.24. The molecule has 0 saturated carbocycles. The lowest BCUT2D eigenvalue weighted by Gasteiger charge is -2.33. The number of benzene rings is 1. The van der Waals surface area contributed by atoms with E-state index < -0.39 is 12.0 Å². The Kier molecular flexibility index (Phi) is 5.79. The first-order valence-corrected chi connectivity index (χ1v) is 9.60. The van der Waals surface area contributed by atoms with Crippen LogP contribution in [0.4, 0.5) is 0 Å². The number of rotatable bonds is 6. The van der Waals surface area contributed by atoms with Crippen molar-refractivity contribution in [3.8, 4) is 11.5 Å². The topological polar surface area (TPSA) is 77.4 Å². The van der Waals surface area contributed by atoms with E-state index in [1.807, 2.05) is 13.0 Å². The average Bonchev–Trinajstić information content (AvgIpc) is 2.97. The number of ether oxygens (including phenoxy) is 3. The number of allylic oxidation sites excluding steroid dienone is 1. The molecule has 0 aromatic heterocycles. The van der Waals surface area contributed by atoms with Gasteiger partial charge in [0, 0.05) is 0 Å².